The summed E-state index contributed by atoms with van der Waals surface area (Å²) in [6, 6.07) is 19.5. The first kappa shape index (κ1) is 20.7. The number of carbonyl (C=O) groups excluding carboxylic acids is 1. The molecule has 2 N–H and O–H groups in total. The highest BCUT2D eigenvalue weighted by atomic mass is 16.5. The van der Waals surface area contributed by atoms with Crippen LogP contribution in [0.3, 0.4) is 0 Å². The summed E-state index contributed by atoms with van der Waals surface area (Å²) in [4.78, 5) is 33.8. The van der Waals surface area contributed by atoms with E-state index in [-0.39, 0.29) is 0 Å². The van der Waals surface area contributed by atoms with Crippen LogP contribution in [0, 0.1) is 6.92 Å². The molecule has 4 rings (SSSR count). The predicted molar refractivity (Wildman–Crippen MR) is 114 cm³/mol. The normalized spacial score (nSPS) is 10.2. The molecule has 0 unspecified atom stereocenters. The average Bonchev–Trinajstić information content (AvgIpc) is 3.17. The van der Waals surface area contributed by atoms with Gasteiger partial charge in [-0.3, -0.25) is 9.78 Å². The maximum absolute atomic E-state index is 12.1. The minimum atomic E-state index is -0.833. The molecule has 0 bridgehead atoms. The van der Waals surface area contributed by atoms with Gasteiger partial charge < -0.3 is 14.8 Å². The van der Waals surface area contributed by atoms with Crippen molar-refractivity contribution in [1.29, 1.82) is 0 Å². The number of esters is 1. The van der Waals surface area contributed by atoms with Crippen molar-refractivity contribution in [3.63, 3.8) is 0 Å². The Bertz CT molecular complexity index is 1160. The lowest BCUT2D eigenvalue weighted by atomic mass is 10.0. The lowest BCUT2D eigenvalue weighted by Crippen LogP contribution is -2.07. The third kappa shape index (κ3) is 4.52. The highest BCUT2D eigenvalue weighted by molar-refractivity contribution is 5.94. The molecule has 0 aliphatic heterocycles. The Labute approximate surface area is 173 Å². The van der Waals surface area contributed by atoms with Crippen LogP contribution in [0.5, 0.6) is 0 Å². The number of H-pyrrole nitrogens is 1. The Morgan fingerprint density at radius 3 is 2.27 bits per heavy atom. The van der Waals surface area contributed by atoms with Crippen molar-refractivity contribution in [3.8, 4) is 22.6 Å². The Morgan fingerprint density at radius 2 is 1.63 bits per heavy atom. The fraction of sp³-hybridized carbons (Fsp3) is 0.130. The summed E-state index contributed by atoms with van der Waals surface area (Å²) in [5.74, 6) is -0.574. The number of aryl methyl sites for hydroxylation is 1. The van der Waals surface area contributed by atoms with Gasteiger partial charge >= 0.3 is 5.97 Å². The van der Waals surface area contributed by atoms with Crippen LogP contribution in [0.4, 0.5) is 0 Å². The Hall–Kier alpha value is -4.00. The van der Waals surface area contributed by atoms with E-state index >= 15 is 0 Å². The monoisotopic (exact) mass is 403 g/mol. The molecule has 0 aliphatic carbocycles. The van der Waals surface area contributed by atoms with Crippen LogP contribution in [0.2, 0.25) is 0 Å². The van der Waals surface area contributed by atoms with Crippen molar-refractivity contribution in [2.75, 3.05) is 7.11 Å². The zero-order valence-corrected chi connectivity index (χ0v) is 16.8. The highest BCUT2D eigenvalue weighted by Gasteiger charge is 2.19. The molecule has 0 aliphatic rings. The number of carboxylic acids is 1. The molecule has 2 aromatic carbocycles. The van der Waals surface area contributed by atoms with Gasteiger partial charge in [0, 0.05) is 18.1 Å². The summed E-state index contributed by atoms with van der Waals surface area (Å²) in [5.41, 5.74) is 5.34. The van der Waals surface area contributed by atoms with Crippen molar-refractivity contribution in [2.45, 2.75) is 13.8 Å². The predicted octanol–water partition coefficient (Wildman–Crippen LogP) is 4.48. The van der Waals surface area contributed by atoms with Gasteiger partial charge in [0.05, 0.1) is 35.1 Å². The number of carbonyl (C=O) groups is 2. The van der Waals surface area contributed by atoms with E-state index in [4.69, 9.17) is 19.6 Å². The average molecular weight is 403 g/mol. The number of ether oxygens (including phenoxy) is 1. The number of nitrogens with one attached hydrogen (secondary N) is 1. The van der Waals surface area contributed by atoms with Crippen LogP contribution >= 0.6 is 0 Å². The molecule has 4 aromatic rings. The van der Waals surface area contributed by atoms with E-state index in [2.05, 4.69) is 9.97 Å². The second-order valence-corrected chi connectivity index (χ2v) is 6.50. The Balaban J connectivity index is 0.000000589. The van der Waals surface area contributed by atoms with E-state index in [1.807, 2.05) is 54.6 Å². The third-order valence-corrected chi connectivity index (χ3v) is 4.31. The number of para-hydroxylation sites is 2. The number of aromatic amines is 1. The SMILES string of the molecule is CC(=O)O.COC(=O)c1cc(-c2nc3ccccc3[nH]2)c(-c2ccccc2)nc1C. The van der Waals surface area contributed by atoms with Crippen molar-refractivity contribution >= 4 is 23.0 Å². The number of hydrogen-bond acceptors (Lipinski definition) is 5. The van der Waals surface area contributed by atoms with Gasteiger partial charge in [-0.2, -0.15) is 0 Å². The number of imidazole rings is 1. The van der Waals surface area contributed by atoms with Gasteiger partial charge in [-0.1, -0.05) is 42.5 Å². The number of pyridine rings is 1. The summed E-state index contributed by atoms with van der Waals surface area (Å²) in [5, 5.41) is 7.42. The maximum Gasteiger partial charge on any atom is 0.339 e. The molecular formula is C23H21N3O4. The van der Waals surface area contributed by atoms with Gasteiger partial charge in [0.2, 0.25) is 0 Å². The Kier molecular flexibility index (Phi) is 6.22. The highest BCUT2D eigenvalue weighted by Crippen LogP contribution is 2.32. The molecular weight excluding hydrogens is 382 g/mol. The first-order chi connectivity index (χ1) is 14.4. The molecule has 0 saturated carbocycles. The summed E-state index contributed by atoms with van der Waals surface area (Å²) in [6.45, 7) is 2.89. The minimum absolute atomic E-state index is 0.410. The van der Waals surface area contributed by atoms with E-state index < -0.39 is 11.9 Å². The molecule has 0 atom stereocenters. The number of rotatable bonds is 3. The number of fused-ring (bicyclic) bond motifs is 1. The molecule has 30 heavy (non-hydrogen) atoms. The number of hydrogen-bond donors (Lipinski definition) is 2. The summed E-state index contributed by atoms with van der Waals surface area (Å²) >= 11 is 0. The molecule has 2 aromatic heterocycles. The number of nitrogens with zero attached hydrogens (tertiary/aromatic N) is 2. The number of carboxylic acid groups (broad SMARTS) is 1. The number of methoxy groups -OCH3 is 1. The molecule has 0 spiro atoms. The Morgan fingerprint density at radius 1 is 1.00 bits per heavy atom. The zero-order valence-electron chi connectivity index (χ0n) is 16.8. The minimum Gasteiger partial charge on any atom is -0.481 e. The number of aliphatic carboxylic acids is 1. The van der Waals surface area contributed by atoms with Crippen LogP contribution in [0.1, 0.15) is 23.0 Å². The smallest absolute Gasteiger partial charge is 0.339 e. The molecule has 7 heteroatoms. The van der Waals surface area contributed by atoms with Crippen molar-refractivity contribution in [3.05, 3.63) is 71.9 Å². The first-order valence-corrected chi connectivity index (χ1v) is 9.20. The van der Waals surface area contributed by atoms with Crippen LogP contribution < -0.4 is 0 Å². The van der Waals surface area contributed by atoms with Gasteiger partial charge in [0.25, 0.3) is 5.97 Å². The van der Waals surface area contributed by atoms with E-state index in [0.29, 0.717) is 17.1 Å². The number of aromatic nitrogens is 3. The van der Waals surface area contributed by atoms with Crippen molar-refractivity contribution in [2.24, 2.45) is 0 Å². The topological polar surface area (TPSA) is 105 Å². The lowest BCUT2D eigenvalue weighted by molar-refractivity contribution is -0.134. The van der Waals surface area contributed by atoms with Gasteiger partial charge in [-0.25, -0.2) is 9.78 Å². The van der Waals surface area contributed by atoms with Gasteiger partial charge in [-0.15, -0.1) is 0 Å². The van der Waals surface area contributed by atoms with Crippen molar-refractivity contribution < 1.29 is 19.4 Å². The van der Waals surface area contributed by atoms with Crippen LogP contribution in [-0.4, -0.2) is 39.1 Å². The van der Waals surface area contributed by atoms with Crippen LogP contribution in [0.25, 0.3) is 33.7 Å². The third-order valence-electron chi connectivity index (χ3n) is 4.31. The molecule has 0 amide bonds. The molecule has 0 saturated heterocycles. The van der Waals surface area contributed by atoms with Crippen LogP contribution in [-0.2, 0) is 9.53 Å². The second kappa shape index (κ2) is 9.00. The second-order valence-electron chi connectivity index (χ2n) is 6.50. The van der Waals surface area contributed by atoms with Gasteiger partial charge in [0.15, 0.2) is 0 Å². The summed E-state index contributed by atoms with van der Waals surface area (Å²) in [7, 11) is 1.37. The van der Waals surface area contributed by atoms with E-state index in [1.54, 1.807) is 13.0 Å². The molecule has 0 fully saturated rings. The van der Waals surface area contributed by atoms with Gasteiger partial charge in [0.1, 0.15) is 5.82 Å². The first-order valence-electron chi connectivity index (χ1n) is 9.20. The molecule has 7 nitrogen and oxygen atoms in total. The molecule has 152 valence electrons. The number of benzene rings is 2. The largest absolute Gasteiger partial charge is 0.481 e. The fourth-order valence-electron chi connectivity index (χ4n) is 3.00. The van der Waals surface area contributed by atoms with E-state index in [9.17, 15) is 4.79 Å². The maximum atomic E-state index is 12.1. The summed E-state index contributed by atoms with van der Waals surface area (Å²) in [6.07, 6.45) is 0. The molecule has 0 radical (unpaired) electrons. The zero-order chi connectivity index (χ0) is 21.7. The van der Waals surface area contributed by atoms with Crippen LogP contribution in [0.15, 0.2) is 60.7 Å². The standard InChI is InChI=1S/C21H17N3O2.C2H4O2/c1-13-15(21(25)26-2)12-16(19(22-13)14-8-4-3-5-9-14)20-23-17-10-6-7-11-18(17)24-20;1-2(3)4/h3-12H,1-2H3,(H,23,24);1H3,(H,3,4). The summed E-state index contributed by atoms with van der Waals surface area (Å²) < 4.78 is 4.90. The quantitative estimate of drug-likeness (QED) is 0.489. The van der Waals surface area contributed by atoms with Gasteiger partial charge in [-0.05, 0) is 25.1 Å². The van der Waals surface area contributed by atoms with E-state index in [0.717, 1.165) is 34.8 Å². The molecule has 2 heterocycles. The fourth-order valence-corrected chi connectivity index (χ4v) is 3.00. The lowest BCUT2D eigenvalue weighted by Gasteiger charge is -2.11. The van der Waals surface area contributed by atoms with E-state index in [1.165, 1.54) is 7.11 Å². The van der Waals surface area contributed by atoms with Crippen molar-refractivity contribution in [1.82, 2.24) is 15.0 Å².